The number of ketones is 1. The molecule has 1 amide bonds. The highest BCUT2D eigenvalue weighted by atomic mass is 16.7. The van der Waals surface area contributed by atoms with E-state index in [1.54, 1.807) is 24.3 Å². The molecule has 0 unspecified atom stereocenters. The van der Waals surface area contributed by atoms with Crippen LogP contribution in [0, 0.1) is 6.92 Å². The summed E-state index contributed by atoms with van der Waals surface area (Å²) in [4.78, 5) is 31.8. The van der Waals surface area contributed by atoms with Gasteiger partial charge in [-0.2, -0.15) is 0 Å². The standard InChI is InChI=1S/C20H23N3O3/c1-4-16-12(2)21-17-6-5-7-18(19(16)17)23-26-20(25)22-15-10-8-14(9-11-15)13(3)24/h8-11,21H,4-7H2,1-3H3,(H,22,25)/b23-18+. The fraction of sp³-hybridized carbons (Fsp3) is 0.350. The maximum atomic E-state index is 12.0. The first-order valence-electron chi connectivity index (χ1n) is 8.86. The summed E-state index contributed by atoms with van der Waals surface area (Å²) in [6, 6.07) is 6.64. The molecule has 0 bridgehead atoms. The lowest BCUT2D eigenvalue weighted by Crippen LogP contribution is -2.16. The number of amides is 1. The van der Waals surface area contributed by atoms with Gasteiger partial charge in [0.25, 0.3) is 0 Å². The number of aromatic amines is 1. The summed E-state index contributed by atoms with van der Waals surface area (Å²) in [6.07, 6.45) is 3.02. The van der Waals surface area contributed by atoms with Crippen LogP contribution in [0.2, 0.25) is 0 Å². The second-order valence-electron chi connectivity index (χ2n) is 6.46. The minimum atomic E-state index is -0.648. The largest absolute Gasteiger partial charge is 0.437 e. The highest BCUT2D eigenvalue weighted by Gasteiger charge is 2.23. The predicted octanol–water partition coefficient (Wildman–Crippen LogP) is 4.38. The first-order valence-corrected chi connectivity index (χ1v) is 8.86. The Hall–Kier alpha value is -2.89. The van der Waals surface area contributed by atoms with Crippen LogP contribution in [-0.4, -0.2) is 22.6 Å². The Morgan fingerprint density at radius 3 is 2.62 bits per heavy atom. The van der Waals surface area contributed by atoms with Gasteiger partial charge >= 0.3 is 6.09 Å². The minimum Gasteiger partial charge on any atom is -0.362 e. The summed E-state index contributed by atoms with van der Waals surface area (Å²) in [5.41, 5.74) is 6.63. The molecule has 26 heavy (non-hydrogen) atoms. The van der Waals surface area contributed by atoms with Gasteiger partial charge in [-0.15, -0.1) is 0 Å². The Labute approximate surface area is 152 Å². The summed E-state index contributed by atoms with van der Waals surface area (Å²) < 4.78 is 0. The van der Waals surface area contributed by atoms with Crippen molar-refractivity contribution in [2.24, 2.45) is 5.16 Å². The molecular weight excluding hydrogens is 330 g/mol. The monoisotopic (exact) mass is 353 g/mol. The van der Waals surface area contributed by atoms with E-state index in [1.807, 2.05) is 0 Å². The van der Waals surface area contributed by atoms with Crippen molar-refractivity contribution >= 4 is 23.3 Å². The van der Waals surface area contributed by atoms with Crippen LogP contribution >= 0.6 is 0 Å². The quantitative estimate of drug-likeness (QED) is 0.486. The maximum Gasteiger partial charge on any atom is 0.437 e. The molecule has 1 aliphatic rings. The molecule has 0 spiro atoms. The zero-order valence-electron chi connectivity index (χ0n) is 15.3. The molecule has 6 heteroatoms. The molecule has 0 fully saturated rings. The lowest BCUT2D eigenvalue weighted by molar-refractivity contribution is 0.101. The number of aryl methyl sites for hydroxylation is 2. The fourth-order valence-corrected chi connectivity index (χ4v) is 3.39. The number of benzene rings is 1. The number of oxime groups is 1. The Kier molecular flexibility index (Phi) is 5.21. The number of hydrogen-bond donors (Lipinski definition) is 2. The van der Waals surface area contributed by atoms with Gasteiger partial charge in [0, 0.05) is 28.2 Å². The molecule has 1 aromatic carbocycles. The molecule has 2 aromatic rings. The molecule has 1 aromatic heterocycles. The van der Waals surface area contributed by atoms with Crippen LogP contribution in [-0.2, 0) is 17.7 Å². The van der Waals surface area contributed by atoms with E-state index in [9.17, 15) is 9.59 Å². The number of Topliss-reactive ketones (excluding diaryl/α,β-unsaturated/α-hetero) is 1. The van der Waals surface area contributed by atoms with Crippen molar-refractivity contribution < 1.29 is 14.4 Å². The molecule has 6 nitrogen and oxygen atoms in total. The van der Waals surface area contributed by atoms with Crippen molar-refractivity contribution in [3.05, 3.63) is 52.3 Å². The van der Waals surface area contributed by atoms with Crippen LogP contribution in [0.25, 0.3) is 0 Å². The average Bonchev–Trinajstić information content (AvgIpc) is 2.96. The third-order valence-corrected chi connectivity index (χ3v) is 4.65. The van der Waals surface area contributed by atoms with Crippen molar-refractivity contribution in [2.45, 2.75) is 46.5 Å². The number of fused-ring (bicyclic) bond motifs is 1. The number of carbonyl (C=O) groups is 2. The smallest absolute Gasteiger partial charge is 0.362 e. The van der Waals surface area contributed by atoms with E-state index in [0.717, 1.165) is 42.7 Å². The maximum absolute atomic E-state index is 12.0. The normalized spacial score (nSPS) is 14.8. The Morgan fingerprint density at radius 1 is 1.23 bits per heavy atom. The third-order valence-electron chi connectivity index (χ3n) is 4.65. The van der Waals surface area contributed by atoms with E-state index in [2.05, 4.69) is 29.3 Å². The van der Waals surface area contributed by atoms with Gasteiger partial charge in [-0.05, 0) is 69.4 Å². The van der Waals surface area contributed by atoms with Crippen molar-refractivity contribution in [1.29, 1.82) is 0 Å². The molecule has 0 atom stereocenters. The minimum absolute atomic E-state index is 0.0212. The zero-order valence-corrected chi connectivity index (χ0v) is 15.3. The lowest BCUT2D eigenvalue weighted by atomic mass is 9.92. The molecule has 3 rings (SSSR count). The van der Waals surface area contributed by atoms with Crippen molar-refractivity contribution in [1.82, 2.24) is 4.98 Å². The summed E-state index contributed by atoms with van der Waals surface area (Å²) in [6.45, 7) is 5.67. The van der Waals surface area contributed by atoms with Crippen molar-refractivity contribution in [2.75, 3.05) is 5.32 Å². The molecular formula is C20H23N3O3. The molecule has 1 heterocycles. The van der Waals surface area contributed by atoms with Crippen LogP contribution < -0.4 is 5.32 Å². The number of carbonyl (C=O) groups excluding carboxylic acids is 2. The summed E-state index contributed by atoms with van der Waals surface area (Å²) in [5, 5.41) is 6.74. The van der Waals surface area contributed by atoms with E-state index in [4.69, 9.17) is 4.84 Å². The summed E-state index contributed by atoms with van der Waals surface area (Å²) in [7, 11) is 0. The SMILES string of the molecule is CCc1c(C)[nH]c2c1/C(=N/OC(=O)Nc1ccc(C(C)=O)cc1)CCC2. The number of nitrogens with zero attached hydrogens (tertiary/aromatic N) is 1. The van der Waals surface area contributed by atoms with E-state index in [-0.39, 0.29) is 5.78 Å². The number of hydrogen-bond acceptors (Lipinski definition) is 4. The van der Waals surface area contributed by atoms with Crippen LogP contribution in [0.1, 0.15) is 59.6 Å². The fourth-order valence-electron chi connectivity index (χ4n) is 3.39. The number of rotatable bonds is 4. The Bertz CT molecular complexity index is 863. The Balaban J connectivity index is 1.70. The Morgan fingerprint density at radius 2 is 1.96 bits per heavy atom. The average molecular weight is 353 g/mol. The van der Waals surface area contributed by atoms with Gasteiger partial charge in [0.15, 0.2) is 5.78 Å². The number of H-pyrrole nitrogens is 1. The van der Waals surface area contributed by atoms with Gasteiger partial charge in [0.2, 0.25) is 0 Å². The highest BCUT2D eigenvalue weighted by Crippen LogP contribution is 2.28. The van der Waals surface area contributed by atoms with E-state index in [0.29, 0.717) is 11.3 Å². The molecule has 0 saturated carbocycles. The van der Waals surface area contributed by atoms with Gasteiger partial charge in [0.05, 0.1) is 5.71 Å². The van der Waals surface area contributed by atoms with Crippen LogP contribution in [0.15, 0.2) is 29.4 Å². The molecule has 0 aliphatic heterocycles. The predicted molar refractivity (Wildman–Crippen MR) is 101 cm³/mol. The molecule has 2 N–H and O–H groups in total. The van der Waals surface area contributed by atoms with Crippen LogP contribution in [0.4, 0.5) is 10.5 Å². The zero-order chi connectivity index (χ0) is 18.7. The number of anilines is 1. The summed E-state index contributed by atoms with van der Waals surface area (Å²) in [5.74, 6) is -0.0212. The molecule has 0 radical (unpaired) electrons. The van der Waals surface area contributed by atoms with Crippen LogP contribution in [0.3, 0.4) is 0 Å². The van der Waals surface area contributed by atoms with E-state index >= 15 is 0 Å². The summed E-state index contributed by atoms with van der Waals surface area (Å²) >= 11 is 0. The van der Waals surface area contributed by atoms with Gasteiger partial charge < -0.3 is 4.98 Å². The third kappa shape index (κ3) is 3.69. The number of aromatic nitrogens is 1. The lowest BCUT2D eigenvalue weighted by Gasteiger charge is -2.15. The van der Waals surface area contributed by atoms with E-state index in [1.165, 1.54) is 18.2 Å². The van der Waals surface area contributed by atoms with Crippen molar-refractivity contribution in [3.8, 4) is 0 Å². The highest BCUT2D eigenvalue weighted by molar-refractivity contribution is 6.04. The van der Waals surface area contributed by atoms with Gasteiger partial charge in [-0.3, -0.25) is 14.9 Å². The molecule has 1 aliphatic carbocycles. The number of nitrogens with one attached hydrogen (secondary N) is 2. The van der Waals surface area contributed by atoms with Gasteiger partial charge in [0.1, 0.15) is 0 Å². The van der Waals surface area contributed by atoms with Gasteiger partial charge in [-0.25, -0.2) is 4.79 Å². The van der Waals surface area contributed by atoms with Crippen LogP contribution in [0.5, 0.6) is 0 Å². The van der Waals surface area contributed by atoms with E-state index < -0.39 is 6.09 Å². The molecule has 136 valence electrons. The topological polar surface area (TPSA) is 83.5 Å². The first kappa shape index (κ1) is 17.9. The molecule has 0 saturated heterocycles. The first-order chi connectivity index (χ1) is 12.5. The van der Waals surface area contributed by atoms with Crippen molar-refractivity contribution in [3.63, 3.8) is 0 Å². The second kappa shape index (κ2) is 7.56. The second-order valence-corrected chi connectivity index (χ2v) is 6.46. The van der Waals surface area contributed by atoms with Gasteiger partial charge in [-0.1, -0.05) is 12.1 Å².